The fraction of sp³-hybridized carbons (Fsp3) is 0.636. The van der Waals surface area contributed by atoms with E-state index in [9.17, 15) is 0 Å². The molecule has 0 aromatic heterocycles. The second kappa shape index (κ2) is 5.97. The summed E-state index contributed by atoms with van der Waals surface area (Å²) in [5, 5.41) is 3.78. The molecular formula is C22H33NO3Si2. The van der Waals surface area contributed by atoms with Gasteiger partial charge in [-0.05, 0) is 70.3 Å². The third-order valence-electron chi connectivity index (χ3n) is 6.55. The minimum Gasteiger partial charge on any atom is -0.542 e. The highest BCUT2D eigenvalue weighted by Crippen LogP contribution is 2.62. The Labute approximate surface area is 170 Å². The van der Waals surface area contributed by atoms with Gasteiger partial charge in [-0.2, -0.15) is 0 Å². The minimum absolute atomic E-state index is 0.0245. The average Bonchev–Trinajstić information content (AvgIpc) is 2.89. The van der Waals surface area contributed by atoms with Crippen molar-refractivity contribution in [3.05, 3.63) is 35.4 Å². The maximum Gasteiger partial charge on any atom is 0.242 e. The summed E-state index contributed by atoms with van der Waals surface area (Å²) in [5.41, 5.74) is 2.90. The number of benzene rings is 1. The predicted molar refractivity (Wildman–Crippen MR) is 117 cm³/mol. The van der Waals surface area contributed by atoms with E-state index >= 15 is 0 Å². The van der Waals surface area contributed by atoms with Crippen LogP contribution in [0.1, 0.15) is 17.5 Å². The third kappa shape index (κ3) is 2.75. The molecule has 0 radical (unpaired) electrons. The summed E-state index contributed by atoms with van der Waals surface area (Å²) in [5.74, 6) is 2.44. The zero-order valence-electron chi connectivity index (χ0n) is 18.0. The molecule has 5 atom stereocenters. The Morgan fingerprint density at radius 3 is 2.57 bits per heavy atom. The van der Waals surface area contributed by atoms with Crippen LogP contribution in [0.4, 0.5) is 0 Å². The van der Waals surface area contributed by atoms with E-state index < -0.39 is 16.6 Å². The van der Waals surface area contributed by atoms with Crippen LogP contribution in [0, 0.1) is 5.92 Å². The molecule has 1 fully saturated rings. The summed E-state index contributed by atoms with van der Waals surface area (Å²) in [4.78, 5) is 0. The van der Waals surface area contributed by atoms with E-state index in [-0.39, 0.29) is 17.6 Å². The van der Waals surface area contributed by atoms with Crippen LogP contribution in [0.25, 0.3) is 0 Å². The summed E-state index contributed by atoms with van der Waals surface area (Å²) < 4.78 is 19.9. The van der Waals surface area contributed by atoms with E-state index in [1.807, 2.05) is 0 Å². The highest BCUT2D eigenvalue weighted by atomic mass is 28.4. The van der Waals surface area contributed by atoms with Gasteiger partial charge in [-0.3, -0.25) is 0 Å². The molecule has 2 aliphatic heterocycles. The van der Waals surface area contributed by atoms with Crippen molar-refractivity contribution in [2.45, 2.75) is 75.8 Å². The van der Waals surface area contributed by atoms with Gasteiger partial charge in [0.1, 0.15) is 18.0 Å². The van der Waals surface area contributed by atoms with Gasteiger partial charge in [0.2, 0.25) is 8.32 Å². The molecule has 0 saturated carbocycles. The van der Waals surface area contributed by atoms with Crippen molar-refractivity contribution in [2.75, 3.05) is 6.54 Å². The molecule has 2 heterocycles. The van der Waals surface area contributed by atoms with Gasteiger partial charge < -0.3 is 18.9 Å². The van der Waals surface area contributed by atoms with Crippen molar-refractivity contribution in [3.63, 3.8) is 0 Å². The van der Waals surface area contributed by atoms with Crippen LogP contribution in [0.3, 0.4) is 0 Å². The molecule has 1 spiro atoms. The van der Waals surface area contributed by atoms with Crippen LogP contribution in [0.15, 0.2) is 24.3 Å². The maximum absolute atomic E-state index is 6.83. The molecule has 5 rings (SSSR count). The normalized spacial score (nSPS) is 35.4. The molecule has 6 heteroatoms. The zero-order chi connectivity index (χ0) is 19.9. The van der Waals surface area contributed by atoms with Crippen LogP contribution in [0.2, 0.25) is 39.3 Å². The molecule has 0 unspecified atom stereocenters. The first-order valence-electron chi connectivity index (χ1n) is 10.7. The van der Waals surface area contributed by atoms with Crippen molar-refractivity contribution in [2.24, 2.45) is 5.92 Å². The lowest BCUT2D eigenvalue weighted by Gasteiger charge is -2.54. The lowest BCUT2D eigenvalue weighted by Crippen LogP contribution is -2.65. The molecule has 28 heavy (non-hydrogen) atoms. The molecule has 1 saturated heterocycles. The molecule has 2 aliphatic carbocycles. The second-order valence-corrected chi connectivity index (χ2v) is 19.7. The monoisotopic (exact) mass is 415 g/mol. The van der Waals surface area contributed by atoms with E-state index in [1.165, 1.54) is 11.1 Å². The van der Waals surface area contributed by atoms with Crippen LogP contribution in [-0.4, -0.2) is 41.4 Å². The largest absolute Gasteiger partial charge is 0.542 e. The second-order valence-electron chi connectivity index (χ2n) is 10.8. The summed E-state index contributed by atoms with van der Waals surface area (Å²) >= 11 is 0. The number of rotatable bonds is 4. The maximum atomic E-state index is 6.83. The Bertz CT molecular complexity index is 841. The van der Waals surface area contributed by atoms with Crippen molar-refractivity contribution in [1.29, 1.82) is 0 Å². The smallest absolute Gasteiger partial charge is 0.242 e. The average molecular weight is 416 g/mol. The lowest BCUT2D eigenvalue weighted by atomic mass is 9.54. The Balaban J connectivity index is 1.67. The van der Waals surface area contributed by atoms with Gasteiger partial charge in [-0.1, -0.05) is 18.2 Å². The Kier molecular flexibility index (Phi) is 4.03. The summed E-state index contributed by atoms with van der Waals surface area (Å²) in [6, 6.07) is 4.94. The molecule has 1 aromatic carbocycles. The standard InChI is InChI=1S/C22H33NO3Si2/c1-27(2,3)25-17-9-7-14-13-16-15-8-10-18(26-28(4,5)6)21-22(15,11-12-23-16)19(14)20(17)24-21/h7-10,15-16,18,21,23H,11-13H2,1-6H3/t15-,16+,18-,21-,22-/m0/s1. The van der Waals surface area contributed by atoms with Gasteiger partial charge in [-0.25, -0.2) is 0 Å². The fourth-order valence-electron chi connectivity index (χ4n) is 5.87. The number of ether oxygens (including phenoxy) is 1. The molecule has 1 N–H and O–H groups in total. The van der Waals surface area contributed by atoms with Crippen LogP contribution < -0.4 is 14.5 Å². The molecule has 1 aromatic rings. The molecule has 4 aliphatic rings. The van der Waals surface area contributed by atoms with Crippen molar-refractivity contribution in [3.8, 4) is 11.5 Å². The Hall–Kier alpha value is -1.09. The number of hydrogen-bond donors (Lipinski definition) is 1. The Morgan fingerprint density at radius 2 is 1.86 bits per heavy atom. The SMILES string of the molecule is C[Si](C)(C)Oc1ccc2c3c1O[C@H]1[C@@H](O[Si](C)(C)C)C=C[C@H]4[C@@H](C2)NCC[C@@]341. The summed E-state index contributed by atoms with van der Waals surface area (Å²) in [7, 11) is -3.42. The first kappa shape index (κ1) is 18.9. The van der Waals surface area contributed by atoms with Gasteiger partial charge in [0, 0.05) is 22.9 Å². The molecule has 2 bridgehead atoms. The number of hydrogen-bond acceptors (Lipinski definition) is 4. The van der Waals surface area contributed by atoms with Crippen molar-refractivity contribution in [1.82, 2.24) is 5.32 Å². The first-order valence-corrected chi connectivity index (χ1v) is 17.5. The van der Waals surface area contributed by atoms with Gasteiger partial charge >= 0.3 is 0 Å². The Morgan fingerprint density at radius 1 is 1.07 bits per heavy atom. The van der Waals surface area contributed by atoms with Crippen LogP contribution in [0.5, 0.6) is 11.5 Å². The lowest BCUT2D eigenvalue weighted by molar-refractivity contribution is -0.0105. The first-order chi connectivity index (χ1) is 13.1. The van der Waals surface area contributed by atoms with E-state index in [4.69, 9.17) is 13.6 Å². The third-order valence-corrected chi connectivity index (χ3v) is 8.36. The highest BCUT2D eigenvalue weighted by molar-refractivity contribution is 6.70. The van der Waals surface area contributed by atoms with Gasteiger partial charge in [0.25, 0.3) is 0 Å². The van der Waals surface area contributed by atoms with E-state index in [2.05, 4.69) is 68.9 Å². The molecule has 152 valence electrons. The van der Waals surface area contributed by atoms with Crippen molar-refractivity contribution >= 4 is 16.6 Å². The predicted octanol–water partition coefficient (Wildman–Crippen LogP) is 4.22. The van der Waals surface area contributed by atoms with Gasteiger partial charge in [0.05, 0.1) is 0 Å². The summed E-state index contributed by atoms with van der Waals surface area (Å²) in [6.45, 7) is 14.6. The molecule has 4 nitrogen and oxygen atoms in total. The van der Waals surface area contributed by atoms with Crippen LogP contribution >= 0.6 is 0 Å². The van der Waals surface area contributed by atoms with E-state index in [0.29, 0.717) is 12.0 Å². The van der Waals surface area contributed by atoms with Crippen LogP contribution in [-0.2, 0) is 16.3 Å². The zero-order valence-corrected chi connectivity index (χ0v) is 20.0. The van der Waals surface area contributed by atoms with Gasteiger partial charge in [-0.15, -0.1) is 0 Å². The summed E-state index contributed by atoms with van der Waals surface area (Å²) in [6.07, 6.45) is 6.99. The number of nitrogens with one attached hydrogen (secondary N) is 1. The van der Waals surface area contributed by atoms with E-state index in [1.54, 1.807) is 0 Å². The topological polar surface area (TPSA) is 39.7 Å². The fourth-order valence-corrected chi connectivity index (χ4v) is 7.71. The highest BCUT2D eigenvalue weighted by Gasteiger charge is 2.64. The molecular weight excluding hydrogens is 382 g/mol. The number of piperidine rings is 1. The quantitative estimate of drug-likeness (QED) is 0.590. The van der Waals surface area contributed by atoms with Crippen molar-refractivity contribution < 1.29 is 13.6 Å². The van der Waals surface area contributed by atoms with Gasteiger partial charge in [0.15, 0.2) is 14.1 Å². The molecule has 0 amide bonds. The van der Waals surface area contributed by atoms with E-state index in [0.717, 1.165) is 30.9 Å². The minimum atomic E-state index is -1.73.